The number of imidazole rings is 1. The van der Waals surface area contributed by atoms with E-state index < -0.39 is 11.7 Å². The first-order valence-electron chi connectivity index (χ1n) is 13.2. The fourth-order valence-corrected chi connectivity index (χ4v) is 5.54. The fraction of sp³-hybridized carbons (Fsp3) is 0.538. The van der Waals surface area contributed by atoms with Gasteiger partial charge in [-0.15, -0.1) is 0 Å². The first-order valence-corrected chi connectivity index (χ1v) is 13.2. The number of nitrogens with two attached hydrogens (primary N) is 2. The zero-order valence-electron chi connectivity index (χ0n) is 21.2. The maximum absolute atomic E-state index is 15.5. The van der Waals surface area contributed by atoms with Gasteiger partial charge in [-0.2, -0.15) is 0 Å². The lowest BCUT2D eigenvalue weighted by Gasteiger charge is -2.31. The van der Waals surface area contributed by atoms with E-state index >= 15 is 4.39 Å². The lowest BCUT2D eigenvalue weighted by molar-refractivity contribution is -0.125. The third-order valence-electron chi connectivity index (χ3n) is 8.01. The van der Waals surface area contributed by atoms with E-state index in [2.05, 4.69) is 30.1 Å². The van der Waals surface area contributed by atoms with E-state index in [1.807, 2.05) is 4.57 Å². The molecule has 3 aromatic rings. The molecule has 2 aliphatic heterocycles. The summed E-state index contributed by atoms with van der Waals surface area (Å²) in [6.07, 6.45) is 5.56. The van der Waals surface area contributed by atoms with Gasteiger partial charge in [0.15, 0.2) is 11.5 Å². The summed E-state index contributed by atoms with van der Waals surface area (Å²) in [4.78, 5) is 29.8. The number of likely N-dealkylation sites (tertiary alicyclic amines) is 1. The Kier molecular flexibility index (Phi) is 6.39. The quantitative estimate of drug-likeness (QED) is 0.425. The Bertz CT molecular complexity index is 1350. The van der Waals surface area contributed by atoms with Crippen LogP contribution in [0.4, 0.5) is 20.3 Å². The average Bonchev–Trinajstić information content (AvgIpc) is 3.48. The molecule has 6 rings (SSSR count). The second kappa shape index (κ2) is 9.73. The number of alkyl halides is 1. The zero-order chi connectivity index (χ0) is 26.4. The van der Waals surface area contributed by atoms with E-state index in [0.717, 1.165) is 24.1 Å². The number of fused-ring (bicyclic) bond motifs is 1. The van der Waals surface area contributed by atoms with Crippen LogP contribution in [0.15, 0.2) is 24.8 Å². The molecule has 12 heteroatoms. The van der Waals surface area contributed by atoms with Crippen LogP contribution in [0.1, 0.15) is 43.2 Å². The minimum absolute atomic E-state index is 0.131. The molecule has 0 bridgehead atoms. The Morgan fingerprint density at radius 3 is 2.63 bits per heavy atom. The van der Waals surface area contributed by atoms with Crippen LogP contribution in [0.2, 0.25) is 0 Å². The second-order valence-electron chi connectivity index (χ2n) is 10.9. The van der Waals surface area contributed by atoms with Crippen molar-refractivity contribution in [3.05, 3.63) is 41.7 Å². The summed E-state index contributed by atoms with van der Waals surface area (Å²) >= 11 is 0. The van der Waals surface area contributed by atoms with Crippen molar-refractivity contribution in [2.45, 2.75) is 62.9 Å². The topological polar surface area (TPSA) is 131 Å². The Balaban J connectivity index is 1.36. The molecular formula is C26H33F2N9O. The van der Waals surface area contributed by atoms with Crippen LogP contribution >= 0.6 is 0 Å². The van der Waals surface area contributed by atoms with E-state index in [4.69, 9.17) is 11.5 Å². The van der Waals surface area contributed by atoms with E-state index in [-0.39, 0.29) is 30.1 Å². The molecule has 1 amide bonds. The number of halogens is 2. The van der Waals surface area contributed by atoms with Crippen molar-refractivity contribution in [1.29, 1.82) is 0 Å². The predicted octanol–water partition coefficient (Wildman–Crippen LogP) is 1.72. The van der Waals surface area contributed by atoms with Gasteiger partial charge in [0.2, 0.25) is 5.91 Å². The van der Waals surface area contributed by atoms with Crippen molar-refractivity contribution in [3.63, 3.8) is 0 Å². The summed E-state index contributed by atoms with van der Waals surface area (Å²) in [7, 11) is 0. The van der Waals surface area contributed by atoms with Gasteiger partial charge in [0, 0.05) is 55.6 Å². The summed E-state index contributed by atoms with van der Waals surface area (Å²) in [6.45, 7) is 2.68. The number of anilines is 2. The molecule has 2 aromatic heterocycles. The second-order valence-corrected chi connectivity index (χ2v) is 10.9. The van der Waals surface area contributed by atoms with Crippen LogP contribution in [0, 0.1) is 5.82 Å². The van der Waals surface area contributed by atoms with Gasteiger partial charge in [0.25, 0.3) is 0 Å². The molecule has 202 valence electrons. The van der Waals surface area contributed by atoms with Crippen molar-refractivity contribution in [2.75, 3.05) is 36.8 Å². The molecule has 1 aliphatic carbocycles. The summed E-state index contributed by atoms with van der Waals surface area (Å²) < 4.78 is 31.1. The van der Waals surface area contributed by atoms with Gasteiger partial charge in [-0.3, -0.25) is 9.69 Å². The highest BCUT2D eigenvalue weighted by Gasteiger charge is 2.43. The van der Waals surface area contributed by atoms with Crippen LogP contribution in [-0.4, -0.2) is 74.3 Å². The lowest BCUT2D eigenvalue weighted by atomic mass is 9.98. The highest BCUT2D eigenvalue weighted by Crippen LogP contribution is 2.34. The standard InChI is InChI=1S/C26H33F2N9O/c27-16-5-8-35(9-6-16)11-18-19(12-37-15-33-22-23(29)31-14-32-24(22)37)21(4-3-20(18)28)36-10-7-26(30,13-36)25(38)34-17-1-2-17/h3-4,14-17H,1-2,5-13,30H2,(H,34,38)(H2,29,31,32). The number of carbonyl (C=O) groups excluding carboxylic acids is 1. The molecule has 10 nitrogen and oxygen atoms in total. The number of benzene rings is 1. The zero-order valence-corrected chi connectivity index (χ0v) is 21.2. The van der Waals surface area contributed by atoms with Gasteiger partial charge in [0.05, 0.1) is 12.9 Å². The number of nitrogen functional groups attached to an aromatic ring is 1. The number of amides is 1. The minimum Gasteiger partial charge on any atom is -0.382 e. The van der Waals surface area contributed by atoms with Crippen LogP contribution in [0.5, 0.6) is 0 Å². The molecular weight excluding hydrogens is 492 g/mol. The van der Waals surface area contributed by atoms with Gasteiger partial charge < -0.3 is 26.3 Å². The number of nitrogens with zero attached hydrogens (tertiary/aromatic N) is 6. The third-order valence-corrected chi connectivity index (χ3v) is 8.01. The van der Waals surface area contributed by atoms with E-state index in [0.29, 0.717) is 68.7 Å². The van der Waals surface area contributed by atoms with Crippen LogP contribution in [0.3, 0.4) is 0 Å². The fourth-order valence-electron chi connectivity index (χ4n) is 5.54. The molecule has 5 N–H and O–H groups in total. The molecule has 0 radical (unpaired) electrons. The Hall–Kier alpha value is -3.38. The van der Waals surface area contributed by atoms with Crippen LogP contribution in [0.25, 0.3) is 11.2 Å². The van der Waals surface area contributed by atoms with Crippen molar-refractivity contribution < 1.29 is 13.6 Å². The summed E-state index contributed by atoms with van der Waals surface area (Å²) in [6, 6.07) is 3.46. The van der Waals surface area contributed by atoms with Gasteiger partial charge in [-0.1, -0.05) is 0 Å². The lowest BCUT2D eigenvalue weighted by Crippen LogP contribution is -2.56. The summed E-state index contributed by atoms with van der Waals surface area (Å²) in [5, 5.41) is 3.04. The van der Waals surface area contributed by atoms with Gasteiger partial charge >= 0.3 is 0 Å². The molecule has 4 heterocycles. The monoisotopic (exact) mass is 525 g/mol. The van der Waals surface area contributed by atoms with Crippen molar-refractivity contribution in [2.24, 2.45) is 5.73 Å². The van der Waals surface area contributed by atoms with E-state index in [1.54, 1.807) is 12.4 Å². The van der Waals surface area contributed by atoms with E-state index in [1.165, 1.54) is 12.4 Å². The molecule has 3 aliphatic rings. The molecule has 1 atom stereocenters. The number of carbonyl (C=O) groups is 1. The number of aromatic nitrogens is 4. The molecule has 3 fully saturated rings. The Labute approximate surface area is 219 Å². The molecule has 0 spiro atoms. The van der Waals surface area contributed by atoms with E-state index in [9.17, 15) is 9.18 Å². The first kappa shape index (κ1) is 24.9. The molecule has 1 saturated carbocycles. The number of nitrogens with one attached hydrogen (secondary N) is 1. The number of hydrogen-bond acceptors (Lipinski definition) is 8. The van der Waals surface area contributed by atoms with Gasteiger partial charge in [0.1, 0.15) is 29.4 Å². The van der Waals surface area contributed by atoms with Gasteiger partial charge in [-0.25, -0.2) is 23.7 Å². The predicted molar refractivity (Wildman–Crippen MR) is 140 cm³/mol. The Morgan fingerprint density at radius 1 is 1.08 bits per heavy atom. The number of rotatable bonds is 7. The van der Waals surface area contributed by atoms with Crippen molar-refractivity contribution in [3.8, 4) is 0 Å². The highest BCUT2D eigenvalue weighted by molar-refractivity contribution is 5.88. The molecule has 38 heavy (non-hydrogen) atoms. The third kappa shape index (κ3) is 4.78. The Morgan fingerprint density at radius 2 is 1.87 bits per heavy atom. The van der Waals surface area contributed by atoms with Gasteiger partial charge in [-0.05, 0) is 44.2 Å². The summed E-state index contributed by atoms with van der Waals surface area (Å²) in [5.74, 6) is -0.181. The first-order chi connectivity index (χ1) is 18.3. The minimum atomic E-state index is -1.01. The number of hydrogen-bond donors (Lipinski definition) is 3. The molecule has 1 aromatic carbocycles. The van der Waals surface area contributed by atoms with Crippen molar-refractivity contribution in [1.82, 2.24) is 29.7 Å². The highest BCUT2D eigenvalue weighted by atomic mass is 19.1. The average molecular weight is 526 g/mol. The normalized spacial score (nSPS) is 22.9. The van der Waals surface area contributed by atoms with Crippen molar-refractivity contribution >= 4 is 28.6 Å². The molecule has 2 saturated heterocycles. The van der Waals surface area contributed by atoms with Crippen LogP contribution < -0.4 is 21.7 Å². The summed E-state index contributed by atoms with van der Waals surface area (Å²) in [5.41, 5.74) is 14.7. The smallest absolute Gasteiger partial charge is 0.242 e. The maximum atomic E-state index is 15.5. The maximum Gasteiger partial charge on any atom is 0.242 e. The van der Waals surface area contributed by atoms with Crippen LogP contribution in [-0.2, 0) is 17.9 Å². The molecule has 1 unspecified atom stereocenters. The SMILES string of the molecule is Nc1ncnc2c1ncn2Cc1c(N2CCC(N)(C(=O)NC3CC3)C2)ccc(F)c1CN1CCC(F)CC1. The number of piperidine rings is 1. The largest absolute Gasteiger partial charge is 0.382 e.